The van der Waals surface area contributed by atoms with E-state index in [2.05, 4.69) is 34.6 Å². The van der Waals surface area contributed by atoms with Gasteiger partial charge in [0.05, 0.1) is 17.8 Å². The van der Waals surface area contributed by atoms with Gasteiger partial charge in [0.25, 0.3) is 0 Å². The average molecular weight is 459 g/mol. The van der Waals surface area contributed by atoms with Crippen LogP contribution in [0.2, 0.25) is 0 Å². The van der Waals surface area contributed by atoms with Crippen LogP contribution in [-0.2, 0) is 0 Å². The van der Waals surface area contributed by atoms with Gasteiger partial charge in [-0.2, -0.15) is 0 Å². The second-order valence-corrected chi connectivity index (χ2v) is 14.7. The summed E-state index contributed by atoms with van der Waals surface area (Å²) in [6, 6.07) is 0. The maximum atomic E-state index is 11.3. The van der Waals surface area contributed by atoms with Gasteiger partial charge in [0, 0.05) is 5.92 Å². The summed E-state index contributed by atoms with van der Waals surface area (Å²) < 4.78 is 0. The maximum Gasteiger partial charge on any atom is 0.0644 e. The maximum absolute atomic E-state index is 11.3. The van der Waals surface area contributed by atoms with Gasteiger partial charge in [0.1, 0.15) is 0 Å². The largest absolute Gasteiger partial charge is 0.393 e. The zero-order chi connectivity index (χ0) is 24.2. The van der Waals surface area contributed by atoms with Gasteiger partial charge in [-0.05, 0) is 117 Å². The van der Waals surface area contributed by atoms with Crippen LogP contribution in [0, 0.1) is 45.3 Å². The van der Waals surface area contributed by atoms with Crippen LogP contribution in [0.25, 0.3) is 0 Å². The lowest BCUT2D eigenvalue weighted by Gasteiger charge is -2.62. The summed E-state index contributed by atoms with van der Waals surface area (Å²) in [6.45, 7) is 16.0. The number of rotatable bonds is 2. The molecule has 0 aromatic carbocycles. The Hall–Kier alpha value is -0.380. The quantitative estimate of drug-likeness (QED) is 0.428. The number of aliphatic hydroxyl groups is 3. The zero-order valence-electron chi connectivity index (χ0n) is 22.4. The molecule has 0 heterocycles. The molecule has 0 radical (unpaired) electrons. The molecule has 5 aliphatic rings. The summed E-state index contributed by atoms with van der Waals surface area (Å²) >= 11 is 0. The molecule has 0 unspecified atom stereocenters. The summed E-state index contributed by atoms with van der Waals surface area (Å²) in [5.41, 5.74) is 3.43. The van der Waals surface area contributed by atoms with Crippen molar-refractivity contribution in [3.63, 3.8) is 0 Å². The Morgan fingerprint density at radius 3 is 2.12 bits per heavy atom. The molecular formula is C30H50O3. The van der Waals surface area contributed by atoms with E-state index in [9.17, 15) is 15.3 Å². The van der Waals surface area contributed by atoms with Crippen molar-refractivity contribution in [3.8, 4) is 0 Å². The molecule has 0 aromatic heterocycles. The normalized spacial score (nSPS) is 51.8. The second-order valence-electron chi connectivity index (χ2n) is 14.7. The lowest BCUT2D eigenvalue weighted by Crippen LogP contribution is -2.55. The standard InChI is InChI=1S/C30H50O3/c1-26(2)23-11-10-21-20(28(23,5)15-14-24(26)31)13-17-29(6)19(12-16-30(21,29)7)18-8-9-22(25(18)32)27(3,4)33/h18-19,22-25,31-33H,8-17H2,1-7H3/t18-,19-,22+,23+,24+,25+,28-,29-,30+/m1/s1. The van der Waals surface area contributed by atoms with Crippen molar-refractivity contribution in [2.75, 3.05) is 0 Å². The minimum Gasteiger partial charge on any atom is -0.393 e. The van der Waals surface area contributed by atoms with Crippen molar-refractivity contribution in [2.24, 2.45) is 45.3 Å². The monoisotopic (exact) mass is 458 g/mol. The second kappa shape index (κ2) is 7.32. The van der Waals surface area contributed by atoms with Crippen molar-refractivity contribution >= 4 is 0 Å². The van der Waals surface area contributed by atoms with E-state index in [0.717, 1.165) is 25.7 Å². The van der Waals surface area contributed by atoms with E-state index in [1.807, 2.05) is 13.8 Å². The summed E-state index contributed by atoms with van der Waals surface area (Å²) in [5, 5.41) is 32.8. The fraction of sp³-hybridized carbons (Fsp3) is 0.933. The predicted octanol–water partition coefficient (Wildman–Crippen LogP) is 6.25. The van der Waals surface area contributed by atoms with Gasteiger partial charge in [0.15, 0.2) is 0 Å². The molecule has 0 aliphatic heterocycles. The summed E-state index contributed by atoms with van der Waals surface area (Å²) in [7, 11) is 0. The van der Waals surface area contributed by atoms with Gasteiger partial charge >= 0.3 is 0 Å². The van der Waals surface area contributed by atoms with Crippen LogP contribution in [0.4, 0.5) is 0 Å². The molecule has 0 amide bonds. The van der Waals surface area contributed by atoms with E-state index in [0.29, 0.717) is 17.8 Å². The lowest BCUT2D eigenvalue weighted by atomic mass is 9.43. The Kier molecular flexibility index (Phi) is 5.40. The van der Waals surface area contributed by atoms with E-state index < -0.39 is 5.60 Å². The Bertz CT molecular complexity index is 836. The Labute approximate surface area is 202 Å². The molecule has 3 nitrogen and oxygen atoms in total. The van der Waals surface area contributed by atoms with Crippen LogP contribution in [0.5, 0.6) is 0 Å². The number of hydrogen-bond donors (Lipinski definition) is 3. The molecular weight excluding hydrogens is 408 g/mol. The van der Waals surface area contributed by atoms with Gasteiger partial charge in [-0.15, -0.1) is 0 Å². The third-order valence-electron chi connectivity index (χ3n) is 12.9. The fourth-order valence-corrected chi connectivity index (χ4v) is 10.6. The lowest BCUT2D eigenvalue weighted by molar-refractivity contribution is -0.0981. The molecule has 0 bridgehead atoms. The van der Waals surface area contributed by atoms with Crippen molar-refractivity contribution in [1.29, 1.82) is 0 Å². The highest BCUT2D eigenvalue weighted by atomic mass is 16.3. The molecule has 3 N–H and O–H groups in total. The third kappa shape index (κ3) is 3.10. The molecule has 0 aromatic rings. The Balaban J connectivity index is 1.49. The number of hydrogen-bond acceptors (Lipinski definition) is 3. The molecule has 33 heavy (non-hydrogen) atoms. The van der Waals surface area contributed by atoms with Crippen LogP contribution in [0.1, 0.15) is 113 Å². The molecule has 5 rings (SSSR count). The van der Waals surface area contributed by atoms with Gasteiger partial charge in [-0.1, -0.05) is 45.8 Å². The van der Waals surface area contributed by atoms with Crippen LogP contribution in [-0.4, -0.2) is 33.1 Å². The van der Waals surface area contributed by atoms with Crippen molar-refractivity contribution in [1.82, 2.24) is 0 Å². The van der Waals surface area contributed by atoms with Crippen molar-refractivity contribution in [2.45, 2.75) is 130 Å². The molecule has 9 atom stereocenters. The molecule has 0 spiro atoms. The number of allylic oxidation sites excluding steroid dienone is 2. The predicted molar refractivity (Wildman–Crippen MR) is 134 cm³/mol. The molecule has 188 valence electrons. The van der Waals surface area contributed by atoms with Crippen LogP contribution in [0.15, 0.2) is 11.1 Å². The fourth-order valence-electron chi connectivity index (χ4n) is 10.6. The molecule has 5 aliphatic carbocycles. The first-order valence-corrected chi connectivity index (χ1v) is 14.0. The van der Waals surface area contributed by atoms with Crippen molar-refractivity contribution < 1.29 is 15.3 Å². The third-order valence-corrected chi connectivity index (χ3v) is 12.9. The van der Waals surface area contributed by atoms with E-state index in [-0.39, 0.29) is 39.8 Å². The Morgan fingerprint density at radius 1 is 0.788 bits per heavy atom. The first-order valence-electron chi connectivity index (χ1n) is 14.0. The first-order chi connectivity index (χ1) is 15.2. The van der Waals surface area contributed by atoms with E-state index in [4.69, 9.17) is 0 Å². The summed E-state index contributed by atoms with van der Waals surface area (Å²) in [4.78, 5) is 0. The molecule has 3 saturated carbocycles. The Morgan fingerprint density at radius 2 is 1.48 bits per heavy atom. The SMILES string of the molecule is CC(C)(O)[C@H]1CC[C@H]([C@H]2CC[C@@]3(C)C4=C(CC[C@]23C)[C@@]2(C)CC[C@H](O)C(C)(C)[C@@H]2CC4)[C@@H]1O. The van der Waals surface area contributed by atoms with Crippen LogP contribution < -0.4 is 0 Å². The minimum atomic E-state index is -0.801. The summed E-state index contributed by atoms with van der Waals surface area (Å²) in [5.74, 6) is 1.45. The highest BCUT2D eigenvalue weighted by Crippen LogP contribution is 2.73. The van der Waals surface area contributed by atoms with Crippen LogP contribution >= 0.6 is 0 Å². The van der Waals surface area contributed by atoms with E-state index in [1.165, 1.54) is 38.5 Å². The molecule has 3 fully saturated rings. The number of fused-ring (bicyclic) bond motifs is 4. The molecule has 3 heteroatoms. The highest BCUT2D eigenvalue weighted by Gasteiger charge is 2.64. The number of aliphatic hydroxyl groups excluding tert-OH is 2. The van der Waals surface area contributed by atoms with Gasteiger partial charge in [-0.25, -0.2) is 0 Å². The minimum absolute atomic E-state index is 0.00145. The van der Waals surface area contributed by atoms with Gasteiger partial charge in [-0.3, -0.25) is 0 Å². The smallest absolute Gasteiger partial charge is 0.0644 e. The highest BCUT2D eigenvalue weighted by molar-refractivity contribution is 5.39. The first kappa shape index (κ1) is 24.3. The van der Waals surface area contributed by atoms with E-state index >= 15 is 0 Å². The topological polar surface area (TPSA) is 60.7 Å². The van der Waals surface area contributed by atoms with Crippen molar-refractivity contribution in [3.05, 3.63) is 11.1 Å². The summed E-state index contributed by atoms with van der Waals surface area (Å²) in [6.07, 6.45) is 10.8. The van der Waals surface area contributed by atoms with Crippen LogP contribution in [0.3, 0.4) is 0 Å². The van der Waals surface area contributed by atoms with Gasteiger partial charge in [0.2, 0.25) is 0 Å². The molecule has 0 saturated heterocycles. The zero-order valence-corrected chi connectivity index (χ0v) is 22.4. The van der Waals surface area contributed by atoms with E-state index in [1.54, 1.807) is 11.1 Å². The van der Waals surface area contributed by atoms with Gasteiger partial charge < -0.3 is 15.3 Å². The average Bonchev–Trinajstić information content (AvgIpc) is 3.22.